The van der Waals surface area contributed by atoms with Crippen molar-refractivity contribution in [2.45, 2.75) is 31.4 Å². The molecule has 0 unspecified atom stereocenters. The number of carbonyl (C=O) groups is 1. The molecule has 0 aliphatic carbocycles. The van der Waals surface area contributed by atoms with Gasteiger partial charge in [0.25, 0.3) is 0 Å². The maximum atomic E-state index is 11.3. The molecule has 5 heteroatoms. The Balaban J connectivity index is 1.84. The van der Waals surface area contributed by atoms with Crippen molar-refractivity contribution < 1.29 is 14.6 Å². The van der Waals surface area contributed by atoms with E-state index in [-0.39, 0.29) is 11.9 Å². The number of benzene rings is 1. The normalized spacial score (nSPS) is 22.9. The Morgan fingerprint density at radius 3 is 3.05 bits per heavy atom. The second-order valence-corrected chi connectivity index (χ2v) is 5.26. The van der Waals surface area contributed by atoms with Crippen LogP contribution in [0.25, 0.3) is 0 Å². The summed E-state index contributed by atoms with van der Waals surface area (Å²) in [4.78, 5) is 13.3. The molecule has 20 heavy (non-hydrogen) atoms. The highest BCUT2D eigenvalue weighted by Crippen LogP contribution is 2.19. The van der Waals surface area contributed by atoms with Crippen molar-refractivity contribution in [3.63, 3.8) is 0 Å². The van der Waals surface area contributed by atoms with Gasteiger partial charge in [-0.05, 0) is 43.5 Å². The molecule has 0 spiro atoms. The fourth-order valence-electron chi connectivity index (χ4n) is 2.74. The Morgan fingerprint density at radius 1 is 1.55 bits per heavy atom. The van der Waals surface area contributed by atoms with Crippen LogP contribution in [-0.4, -0.2) is 48.3 Å². The van der Waals surface area contributed by atoms with E-state index >= 15 is 0 Å². The van der Waals surface area contributed by atoms with Crippen LogP contribution in [0.5, 0.6) is 5.75 Å². The van der Waals surface area contributed by atoms with Crippen LogP contribution in [0, 0.1) is 0 Å². The summed E-state index contributed by atoms with van der Waals surface area (Å²) in [5.41, 5.74) is 6.57. The predicted octanol–water partition coefficient (Wildman–Crippen LogP) is 0.548. The van der Waals surface area contributed by atoms with E-state index < -0.39 is 6.10 Å². The lowest BCUT2D eigenvalue weighted by molar-refractivity contribution is -0.122. The van der Waals surface area contributed by atoms with E-state index in [9.17, 15) is 9.90 Å². The highest BCUT2D eigenvalue weighted by Gasteiger charge is 2.33. The van der Waals surface area contributed by atoms with E-state index in [1.807, 2.05) is 23.1 Å². The average Bonchev–Trinajstić information content (AvgIpc) is 2.80. The number of methoxy groups -OCH3 is 1. The molecule has 3 N–H and O–H groups in total. The minimum absolute atomic E-state index is 0.324. The van der Waals surface area contributed by atoms with Gasteiger partial charge in [0, 0.05) is 6.54 Å². The summed E-state index contributed by atoms with van der Waals surface area (Å²) in [5, 5.41) is 9.64. The third kappa shape index (κ3) is 3.71. The zero-order valence-electron chi connectivity index (χ0n) is 11.8. The molecule has 0 radical (unpaired) electrons. The van der Waals surface area contributed by atoms with E-state index in [1.165, 1.54) is 5.56 Å². The number of hydrogen-bond acceptors (Lipinski definition) is 4. The molecule has 1 aromatic carbocycles. The number of carbonyl (C=O) groups excluding carboxylic acids is 1. The second-order valence-electron chi connectivity index (χ2n) is 5.26. The van der Waals surface area contributed by atoms with Crippen molar-refractivity contribution in [2.75, 3.05) is 20.2 Å². The smallest absolute Gasteiger partial charge is 0.234 e. The van der Waals surface area contributed by atoms with Crippen molar-refractivity contribution in [3.8, 4) is 5.75 Å². The Bertz CT molecular complexity index is 464. The highest BCUT2D eigenvalue weighted by molar-refractivity contribution is 5.80. The van der Waals surface area contributed by atoms with Crippen molar-refractivity contribution in [2.24, 2.45) is 5.73 Å². The molecular weight excluding hydrogens is 256 g/mol. The summed E-state index contributed by atoms with van der Waals surface area (Å²) in [6.45, 7) is 1.30. The van der Waals surface area contributed by atoms with Crippen LogP contribution in [-0.2, 0) is 11.2 Å². The summed E-state index contributed by atoms with van der Waals surface area (Å²) in [5.74, 6) is 0.511. The molecule has 0 bridgehead atoms. The SMILES string of the molecule is COc1cccc(CCCN2C[C@H](O)C[C@H]2C(N)=O)c1. The first-order valence-corrected chi connectivity index (χ1v) is 6.94. The number of amides is 1. The zero-order valence-corrected chi connectivity index (χ0v) is 11.8. The maximum absolute atomic E-state index is 11.3. The number of ether oxygens (including phenoxy) is 1. The third-order valence-corrected chi connectivity index (χ3v) is 3.75. The second kappa shape index (κ2) is 6.72. The Labute approximate surface area is 119 Å². The largest absolute Gasteiger partial charge is 0.497 e. The van der Waals surface area contributed by atoms with Gasteiger partial charge in [0.05, 0.1) is 19.3 Å². The van der Waals surface area contributed by atoms with E-state index in [0.717, 1.165) is 25.1 Å². The molecule has 5 nitrogen and oxygen atoms in total. The van der Waals surface area contributed by atoms with Gasteiger partial charge in [-0.15, -0.1) is 0 Å². The summed E-state index contributed by atoms with van der Waals surface area (Å²) in [6.07, 6.45) is 1.84. The molecule has 1 amide bonds. The van der Waals surface area contributed by atoms with Gasteiger partial charge in [-0.25, -0.2) is 0 Å². The van der Waals surface area contributed by atoms with Gasteiger partial charge in [-0.3, -0.25) is 9.69 Å². The van der Waals surface area contributed by atoms with Crippen LogP contribution < -0.4 is 10.5 Å². The van der Waals surface area contributed by atoms with Crippen LogP contribution in [0.4, 0.5) is 0 Å². The molecule has 2 atom stereocenters. The monoisotopic (exact) mass is 278 g/mol. The number of β-amino-alcohol motifs (C(OH)–C–C–N with tert-alkyl or cyclic N) is 1. The molecule has 2 rings (SSSR count). The Morgan fingerprint density at radius 2 is 2.35 bits per heavy atom. The maximum Gasteiger partial charge on any atom is 0.234 e. The van der Waals surface area contributed by atoms with Gasteiger partial charge < -0.3 is 15.6 Å². The van der Waals surface area contributed by atoms with Crippen molar-refractivity contribution in [1.82, 2.24) is 4.90 Å². The molecule has 1 aliphatic rings. The molecule has 0 aromatic heterocycles. The number of nitrogens with zero attached hydrogens (tertiary/aromatic N) is 1. The predicted molar refractivity (Wildman–Crippen MR) is 76.5 cm³/mol. The molecule has 110 valence electrons. The zero-order chi connectivity index (χ0) is 14.5. The van der Waals surface area contributed by atoms with Crippen LogP contribution in [0.1, 0.15) is 18.4 Å². The first-order valence-electron chi connectivity index (χ1n) is 6.94. The van der Waals surface area contributed by atoms with Crippen molar-refractivity contribution in [1.29, 1.82) is 0 Å². The van der Waals surface area contributed by atoms with Gasteiger partial charge in [0.1, 0.15) is 5.75 Å². The van der Waals surface area contributed by atoms with Crippen LogP contribution in [0.2, 0.25) is 0 Å². The molecule has 1 aromatic rings. The third-order valence-electron chi connectivity index (χ3n) is 3.75. The first-order chi connectivity index (χ1) is 9.60. The van der Waals surface area contributed by atoms with E-state index in [1.54, 1.807) is 7.11 Å². The van der Waals surface area contributed by atoms with E-state index in [2.05, 4.69) is 6.07 Å². The summed E-state index contributed by atoms with van der Waals surface area (Å²) >= 11 is 0. The fourth-order valence-corrected chi connectivity index (χ4v) is 2.74. The number of aliphatic hydroxyl groups is 1. The number of likely N-dealkylation sites (tertiary alicyclic amines) is 1. The van der Waals surface area contributed by atoms with Gasteiger partial charge in [-0.1, -0.05) is 12.1 Å². The van der Waals surface area contributed by atoms with Gasteiger partial charge in [-0.2, -0.15) is 0 Å². The van der Waals surface area contributed by atoms with E-state index in [0.29, 0.717) is 13.0 Å². The Hall–Kier alpha value is -1.59. The summed E-state index contributed by atoms with van der Waals surface area (Å²) < 4.78 is 5.19. The highest BCUT2D eigenvalue weighted by atomic mass is 16.5. The average molecular weight is 278 g/mol. The van der Waals surface area contributed by atoms with Crippen LogP contribution >= 0.6 is 0 Å². The number of aryl methyl sites for hydroxylation is 1. The standard InChI is InChI=1S/C15H22N2O3/c1-20-13-6-2-4-11(8-13)5-3-7-17-10-12(18)9-14(17)15(16)19/h2,4,6,8,12,14,18H,3,5,7,9-10H2,1H3,(H2,16,19)/t12-,14+/m1/s1. The number of nitrogens with two attached hydrogens (primary N) is 1. The lowest BCUT2D eigenvalue weighted by atomic mass is 10.1. The van der Waals surface area contributed by atoms with E-state index in [4.69, 9.17) is 10.5 Å². The van der Waals surface area contributed by atoms with Crippen molar-refractivity contribution >= 4 is 5.91 Å². The quantitative estimate of drug-likeness (QED) is 0.796. The van der Waals surface area contributed by atoms with Crippen LogP contribution in [0.15, 0.2) is 24.3 Å². The number of primary amides is 1. The lowest BCUT2D eigenvalue weighted by Crippen LogP contribution is -2.40. The first kappa shape index (κ1) is 14.8. The summed E-state index contributed by atoms with van der Waals surface area (Å²) in [6, 6.07) is 7.65. The number of aliphatic hydroxyl groups excluding tert-OH is 1. The lowest BCUT2D eigenvalue weighted by Gasteiger charge is -2.21. The minimum Gasteiger partial charge on any atom is -0.497 e. The van der Waals surface area contributed by atoms with Crippen molar-refractivity contribution in [3.05, 3.63) is 29.8 Å². The molecule has 1 saturated heterocycles. The van der Waals surface area contributed by atoms with Crippen LogP contribution in [0.3, 0.4) is 0 Å². The Kier molecular flexibility index (Phi) is 4.98. The molecule has 1 aliphatic heterocycles. The van der Waals surface area contributed by atoms with Gasteiger partial charge in [0.15, 0.2) is 0 Å². The van der Waals surface area contributed by atoms with Gasteiger partial charge >= 0.3 is 0 Å². The fraction of sp³-hybridized carbons (Fsp3) is 0.533. The topological polar surface area (TPSA) is 75.8 Å². The molecule has 1 heterocycles. The minimum atomic E-state index is -0.440. The number of hydrogen-bond donors (Lipinski definition) is 2. The molecular formula is C15H22N2O3. The molecule has 1 fully saturated rings. The number of rotatable bonds is 6. The van der Waals surface area contributed by atoms with Gasteiger partial charge in [0.2, 0.25) is 5.91 Å². The molecule has 0 saturated carbocycles. The summed E-state index contributed by atoms with van der Waals surface area (Å²) in [7, 11) is 1.65.